The number of nitrogens with one attached hydrogen (secondary N) is 2. The zero-order chi connectivity index (χ0) is 37.1. The van der Waals surface area contributed by atoms with Crippen molar-refractivity contribution in [3.05, 3.63) is 117 Å². The first-order valence-electron chi connectivity index (χ1n) is 17.1. The molecule has 53 heavy (non-hydrogen) atoms. The van der Waals surface area contributed by atoms with Gasteiger partial charge in [-0.05, 0) is 61.4 Å². The van der Waals surface area contributed by atoms with Crippen molar-refractivity contribution in [2.24, 2.45) is 5.41 Å². The van der Waals surface area contributed by atoms with Crippen molar-refractivity contribution in [3.8, 4) is 10.4 Å². The Kier molecular flexibility index (Phi) is 10.5. The third kappa shape index (κ3) is 7.50. The highest BCUT2D eigenvalue weighted by molar-refractivity contribution is 7.17. The number of benzene rings is 3. The predicted octanol–water partition coefficient (Wildman–Crippen LogP) is 7.75. The van der Waals surface area contributed by atoms with Crippen LogP contribution in [0.2, 0.25) is 5.02 Å². The number of anilines is 4. The van der Waals surface area contributed by atoms with Crippen LogP contribution in [-0.4, -0.2) is 68.0 Å². The number of rotatable bonds is 6. The van der Waals surface area contributed by atoms with Gasteiger partial charge in [-0.15, -0.1) is 11.3 Å². The molecule has 2 N–H and O–H groups in total. The van der Waals surface area contributed by atoms with Gasteiger partial charge in [0, 0.05) is 80.8 Å². The summed E-state index contributed by atoms with van der Waals surface area (Å²) in [5.74, 6) is -1.78. The molecule has 3 aliphatic rings. The molecule has 0 aliphatic carbocycles. The summed E-state index contributed by atoms with van der Waals surface area (Å²) in [5.41, 5.74) is 4.39. The molecule has 0 bridgehead atoms. The number of hydrogen-bond acceptors (Lipinski definition) is 9. The second kappa shape index (κ2) is 15.4. The molecule has 8 rings (SSSR count). The number of ether oxygens (including phenoxy) is 1. The van der Waals surface area contributed by atoms with E-state index >= 15 is 0 Å². The summed E-state index contributed by atoms with van der Waals surface area (Å²) in [4.78, 5) is 50.7. The maximum atomic E-state index is 14.2. The molecule has 2 aromatic heterocycles. The van der Waals surface area contributed by atoms with E-state index in [1.54, 1.807) is 29.3 Å². The molecular formula is C39H35ClF2N6O4S. The van der Waals surface area contributed by atoms with Crippen molar-refractivity contribution in [1.29, 1.82) is 0 Å². The van der Waals surface area contributed by atoms with Crippen molar-refractivity contribution in [3.63, 3.8) is 0 Å². The molecule has 3 aromatic carbocycles. The van der Waals surface area contributed by atoms with Gasteiger partial charge < -0.3 is 25.2 Å². The smallest absolute Gasteiger partial charge is 0.284 e. The SMILES string of the molecule is CNc1ccc(C(=O)N2CCc3nc(C(=O)Nc4c(F)cc(F)cc4Cl)sc3-c3ccccc32)cc1.O=Cc1cccnc1N1CC2(CCOCC2)C1. The number of thiazole rings is 1. The molecule has 0 radical (unpaired) electrons. The van der Waals surface area contributed by atoms with Crippen LogP contribution in [0.5, 0.6) is 0 Å². The van der Waals surface area contributed by atoms with Gasteiger partial charge in [0.05, 0.1) is 32.5 Å². The monoisotopic (exact) mass is 756 g/mol. The minimum absolute atomic E-state index is 0.108. The number of aromatic nitrogens is 2. The number of hydrogen-bond donors (Lipinski definition) is 2. The lowest BCUT2D eigenvalue weighted by Gasteiger charge is -2.52. The van der Waals surface area contributed by atoms with Gasteiger partial charge >= 0.3 is 0 Å². The maximum Gasteiger partial charge on any atom is 0.284 e. The molecule has 272 valence electrons. The van der Waals surface area contributed by atoms with Crippen molar-refractivity contribution >= 4 is 63.9 Å². The summed E-state index contributed by atoms with van der Waals surface area (Å²) in [6, 6.07) is 19.9. The molecule has 0 unspecified atom stereocenters. The fourth-order valence-corrected chi connectivity index (χ4v) is 8.12. The summed E-state index contributed by atoms with van der Waals surface area (Å²) in [6.45, 7) is 4.12. The molecule has 0 saturated carbocycles. The van der Waals surface area contributed by atoms with E-state index in [-0.39, 0.29) is 21.6 Å². The van der Waals surface area contributed by atoms with Crippen molar-refractivity contribution in [2.45, 2.75) is 19.3 Å². The Bertz CT molecular complexity index is 2140. The lowest BCUT2D eigenvalue weighted by molar-refractivity contribution is -0.000497. The van der Waals surface area contributed by atoms with Crippen molar-refractivity contribution in [2.75, 3.05) is 60.3 Å². The maximum absolute atomic E-state index is 14.2. The number of halogens is 3. The van der Waals surface area contributed by atoms with Crippen LogP contribution in [0.1, 0.15) is 49.1 Å². The Morgan fingerprint density at radius 2 is 1.77 bits per heavy atom. The van der Waals surface area contributed by atoms with Gasteiger partial charge in [-0.1, -0.05) is 29.8 Å². The largest absolute Gasteiger partial charge is 0.388 e. The standard InChI is InChI=1S/C26H19ClF2N4O2S.C13H16N2O2/c1-30-16-8-6-14(7-9-16)26(35)33-11-10-20-23(17-4-2-3-5-21(17)33)36-25(31-20)24(34)32-22-18(27)12-15(28)13-19(22)29;16-8-11-2-1-5-14-12(11)15-9-13(10-15)3-6-17-7-4-13/h2-9,12-13,30H,10-11H2,1H3,(H,32,34);1-2,5,8H,3-4,6-7,9-10H2. The molecule has 3 aliphatic heterocycles. The average Bonchev–Trinajstić information content (AvgIpc) is 3.53. The Labute approximate surface area is 313 Å². The van der Waals surface area contributed by atoms with Crippen LogP contribution in [0.15, 0.2) is 79.0 Å². The molecule has 14 heteroatoms. The van der Waals surface area contributed by atoms with E-state index in [0.29, 0.717) is 47.0 Å². The van der Waals surface area contributed by atoms with Crippen LogP contribution in [0.3, 0.4) is 0 Å². The zero-order valence-electron chi connectivity index (χ0n) is 28.7. The van der Waals surface area contributed by atoms with E-state index in [1.807, 2.05) is 49.5 Å². The van der Waals surface area contributed by atoms with Gasteiger partial charge in [0.2, 0.25) is 0 Å². The number of amides is 2. The minimum Gasteiger partial charge on any atom is -0.388 e. The highest BCUT2D eigenvalue weighted by Gasteiger charge is 2.44. The second-order valence-electron chi connectivity index (χ2n) is 13.0. The van der Waals surface area contributed by atoms with E-state index in [9.17, 15) is 23.2 Å². The van der Waals surface area contributed by atoms with E-state index in [2.05, 4.69) is 25.5 Å². The van der Waals surface area contributed by atoms with Gasteiger partial charge in [-0.2, -0.15) is 0 Å². The van der Waals surface area contributed by atoms with Crippen molar-refractivity contribution < 1.29 is 27.9 Å². The van der Waals surface area contributed by atoms with E-state index in [0.717, 1.165) is 84.8 Å². The summed E-state index contributed by atoms with van der Waals surface area (Å²) >= 11 is 7.06. The summed E-state index contributed by atoms with van der Waals surface area (Å²) in [7, 11) is 1.81. The Morgan fingerprint density at radius 1 is 1.02 bits per heavy atom. The van der Waals surface area contributed by atoms with Crippen LogP contribution < -0.4 is 20.4 Å². The van der Waals surface area contributed by atoms with Crippen LogP contribution in [0.25, 0.3) is 10.4 Å². The Morgan fingerprint density at radius 3 is 2.49 bits per heavy atom. The van der Waals surface area contributed by atoms with E-state index in [4.69, 9.17) is 16.3 Å². The molecule has 2 saturated heterocycles. The third-order valence-electron chi connectivity index (χ3n) is 9.66. The van der Waals surface area contributed by atoms with Crippen LogP contribution in [-0.2, 0) is 11.2 Å². The number of fused-ring (bicyclic) bond motifs is 3. The van der Waals surface area contributed by atoms with Crippen molar-refractivity contribution in [1.82, 2.24) is 9.97 Å². The number of carbonyl (C=O) groups excluding carboxylic acids is 3. The van der Waals surface area contributed by atoms with E-state index in [1.165, 1.54) is 0 Å². The van der Waals surface area contributed by atoms with Crippen LogP contribution in [0, 0.1) is 17.0 Å². The van der Waals surface area contributed by atoms with Crippen LogP contribution >= 0.6 is 22.9 Å². The summed E-state index contributed by atoms with van der Waals surface area (Å²) < 4.78 is 32.9. The number of nitrogens with zero attached hydrogens (tertiary/aromatic N) is 4. The Hall–Kier alpha value is -5.24. The normalized spacial score (nSPS) is 15.5. The van der Waals surface area contributed by atoms with Gasteiger partial charge in [0.1, 0.15) is 11.6 Å². The number of aldehydes is 1. The molecule has 2 amide bonds. The number of carbonyl (C=O) groups is 3. The number of pyridine rings is 1. The quantitative estimate of drug-likeness (QED) is 0.169. The van der Waals surface area contributed by atoms with Gasteiger partial charge in [-0.25, -0.2) is 18.7 Å². The van der Waals surface area contributed by atoms with Gasteiger partial charge in [0.25, 0.3) is 11.8 Å². The Balaban J connectivity index is 0.000000212. The zero-order valence-corrected chi connectivity index (χ0v) is 30.3. The lowest BCUT2D eigenvalue weighted by Crippen LogP contribution is -2.59. The second-order valence-corrected chi connectivity index (χ2v) is 14.5. The molecule has 1 spiro atoms. The number of para-hydroxylation sites is 1. The highest BCUT2D eigenvalue weighted by Crippen LogP contribution is 2.43. The molecular weight excluding hydrogens is 722 g/mol. The lowest BCUT2D eigenvalue weighted by atomic mass is 9.73. The molecule has 0 atom stereocenters. The summed E-state index contributed by atoms with van der Waals surface area (Å²) in [5, 5.41) is 5.29. The first kappa shape index (κ1) is 36.1. The fourth-order valence-electron chi connectivity index (χ4n) is 6.84. The molecule has 5 aromatic rings. The summed E-state index contributed by atoms with van der Waals surface area (Å²) in [6.07, 6.45) is 5.31. The van der Waals surface area contributed by atoms with E-state index < -0.39 is 17.5 Å². The van der Waals surface area contributed by atoms with Crippen LogP contribution in [0.4, 0.5) is 31.7 Å². The predicted molar refractivity (Wildman–Crippen MR) is 203 cm³/mol. The average molecular weight is 757 g/mol. The first-order chi connectivity index (χ1) is 25.7. The first-order valence-corrected chi connectivity index (χ1v) is 18.3. The highest BCUT2D eigenvalue weighted by atomic mass is 35.5. The van der Waals surface area contributed by atoms with Gasteiger partial charge in [-0.3, -0.25) is 14.4 Å². The molecule has 2 fully saturated rings. The fraction of sp³-hybridized carbons (Fsp3) is 0.256. The third-order valence-corrected chi connectivity index (χ3v) is 11.1. The topological polar surface area (TPSA) is 117 Å². The molecule has 5 heterocycles. The minimum atomic E-state index is -0.978. The molecule has 10 nitrogen and oxygen atoms in total. The van der Waals surface area contributed by atoms with Gasteiger partial charge in [0.15, 0.2) is 17.1 Å².